The van der Waals surface area contributed by atoms with Gasteiger partial charge in [-0.25, -0.2) is 23.5 Å². The topological polar surface area (TPSA) is 110 Å². The summed E-state index contributed by atoms with van der Waals surface area (Å²) in [5.41, 5.74) is 3.41. The molecule has 8 nitrogen and oxygen atoms in total. The van der Waals surface area contributed by atoms with Crippen molar-refractivity contribution in [2.24, 2.45) is 0 Å². The number of nitrogens with zero attached hydrogens (tertiary/aromatic N) is 4. The summed E-state index contributed by atoms with van der Waals surface area (Å²) in [5.74, 6) is -1.15. The third-order valence-electron chi connectivity index (χ3n) is 7.46. The molecule has 0 saturated carbocycles. The van der Waals surface area contributed by atoms with E-state index in [-0.39, 0.29) is 41.7 Å². The molecule has 0 aliphatic carbocycles. The molecule has 1 fully saturated rings. The van der Waals surface area contributed by atoms with Crippen LogP contribution >= 0.6 is 0 Å². The van der Waals surface area contributed by atoms with Gasteiger partial charge in [0.2, 0.25) is 5.88 Å². The normalized spacial score (nSPS) is 14.6. The number of aromatic carboxylic acids is 1. The summed E-state index contributed by atoms with van der Waals surface area (Å²) >= 11 is 0. The van der Waals surface area contributed by atoms with Crippen LogP contribution in [0, 0.1) is 23.0 Å². The molecule has 0 radical (unpaired) electrons. The minimum absolute atomic E-state index is 0.0224. The first kappa shape index (κ1) is 28.0. The van der Waals surface area contributed by atoms with Gasteiger partial charge in [-0.05, 0) is 60.9 Å². The van der Waals surface area contributed by atoms with Gasteiger partial charge in [0, 0.05) is 30.2 Å². The molecule has 2 aromatic heterocycles. The van der Waals surface area contributed by atoms with Crippen LogP contribution in [-0.4, -0.2) is 38.3 Å². The number of rotatable bonds is 9. The summed E-state index contributed by atoms with van der Waals surface area (Å²) in [6.45, 7) is 1.09. The number of halogens is 2. The Morgan fingerprint density at radius 3 is 2.63 bits per heavy atom. The van der Waals surface area contributed by atoms with Gasteiger partial charge >= 0.3 is 5.97 Å². The average Bonchev–Trinajstić information content (AvgIpc) is 3.65. The Bertz CT molecular complexity index is 1880. The molecule has 1 aliphatic heterocycles. The maximum Gasteiger partial charge on any atom is 0.335 e. The summed E-state index contributed by atoms with van der Waals surface area (Å²) in [7, 11) is 0. The maximum absolute atomic E-state index is 15.5. The zero-order valence-electron chi connectivity index (χ0n) is 23.0. The lowest BCUT2D eigenvalue weighted by atomic mass is 10.1. The Labute approximate surface area is 245 Å². The number of hydrogen-bond acceptors (Lipinski definition) is 6. The maximum atomic E-state index is 15.5. The summed E-state index contributed by atoms with van der Waals surface area (Å²) < 4.78 is 43.2. The molecule has 0 bridgehead atoms. The van der Waals surface area contributed by atoms with Gasteiger partial charge in [-0.1, -0.05) is 24.3 Å². The molecule has 43 heavy (non-hydrogen) atoms. The molecule has 1 aliphatic rings. The van der Waals surface area contributed by atoms with E-state index in [1.54, 1.807) is 42.5 Å². The van der Waals surface area contributed by atoms with E-state index >= 15 is 4.39 Å². The molecule has 216 valence electrons. The van der Waals surface area contributed by atoms with Crippen LogP contribution in [0.15, 0.2) is 72.8 Å². The largest absolute Gasteiger partial charge is 0.478 e. The van der Waals surface area contributed by atoms with Gasteiger partial charge in [0.15, 0.2) is 0 Å². The first-order chi connectivity index (χ1) is 20.9. The molecule has 10 heteroatoms. The summed E-state index contributed by atoms with van der Waals surface area (Å²) in [4.78, 5) is 20.8. The molecule has 0 spiro atoms. The number of benzene rings is 3. The summed E-state index contributed by atoms with van der Waals surface area (Å²) in [5, 5.41) is 18.4. The van der Waals surface area contributed by atoms with Gasteiger partial charge in [-0.3, -0.25) is 0 Å². The predicted molar refractivity (Wildman–Crippen MR) is 154 cm³/mol. The summed E-state index contributed by atoms with van der Waals surface area (Å²) in [6.07, 6.45) is 2.02. The molecule has 3 aromatic carbocycles. The van der Waals surface area contributed by atoms with Crippen molar-refractivity contribution in [1.29, 1.82) is 5.26 Å². The smallest absolute Gasteiger partial charge is 0.335 e. The van der Waals surface area contributed by atoms with E-state index in [1.807, 2.05) is 10.6 Å². The Morgan fingerprint density at radius 2 is 1.88 bits per heavy atom. The number of carboxylic acids is 1. The van der Waals surface area contributed by atoms with Crippen LogP contribution in [0.25, 0.3) is 22.3 Å². The van der Waals surface area contributed by atoms with E-state index in [4.69, 9.17) is 19.7 Å². The highest BCUT2D eigenvalue weighted by Gasteiger charge is 2.22. The van der Waals surface area contributed by atoms with E-state index in [1.165, 1.54) is 24.3 Å². The fourth-order valence-corrected chi connectivity index (χ4v) is 5.20. The van der Waals surface area contributed by atoms with E-state index < -0.39 is 17.6 Å². The number of aromatic nitrogens is 3. The Balaban J connectivity index is 1.23. The third-order valence-corrected chi connectivity index (χ3v) is 7.46. The van der Waals surface area contributed by atoms with Crippen molar-refractivity contribution in [2.75, 3.05) is 6.61 Å². The number of ether oxygens (including phenoxy) is 2. The molecule has 1 saturated heterocycles. The van der Waals surface area contributed by atoms with Gasteiger partial charge in [-0.2, -0.15) is 5.26 Å². The second kappa shape index (κ2) is 12.0. The second-order valence-corrected chi connectivity index (χ2v) is 10.3. The number of fused-ring (bicyclic) bond motifs is 1. The van der Waals surface area contributed by atoms with E-state index in [0.29, 0.717) is 46.8 Å². The van der Waals surface area contributed by atoms with E-state index in [9.17, 15) is 14.3 Å². The van der Waals surface area contributed by atoms with Crippen LogP contribution in [-0.2, 0) is 24.3 Å². The SMILES string of the molecule is N#Cc1ccc(COc2cccc(-c3ccc(Cc4nc5ccc(C(=O)O)cc5n4C[C@@H]4CCCO4)c(F)c3)n2)c(F)c1. The average molecular weight is 581 g/mol. The molecule has 0 unspecified atom stereocenters. The van der Waals surface area contributed by atoms with Crippen LogP contribution in [0.3, 0.4) is 0 Å². The van der Waals surface area contributed by atoms with Gasteiger partial charge in [0.1, 0.15) is 24.1 Å². The minimum Gasteiger partial charge on any atom is -0.478 e. The van der Waals surface area contributed by atoms with Gasteiger partial charge in [0.25, 0.3) is 0 Å². The highest BCUT2D eigenvalue weighted by molar-refractivity contribution is 5.92. The monoisotopic (exact) mass is 580 g/mol. The molecule has 1 N–H and O–H groups in total. The molecule has 3 heterocycles. The molecular weight excluding hydrogens is 554 g/mol. The van der Waals surface area contributed by atoms with Crippen LogP contribution in [0.1, 0.15) is 45.7 Å². The molecule has 5 aromatic rings. The summed E-state index contributed by atoms with van der Waals surface area (Å²) in [6, 6.07) is 20.8. The fraction of sp³-hybridized carbons (Fsp3) is 0.212. The van der Waals surface area contributed by atoms with Crippen LogP contribution in [0.5, 0.6) is 5.88 Å². The van der Waals surface area contributed by atoms with Crippen molar-refractivity contribution < 1.29 is 28.2 Å². The number of pyridine rings is 1. The van der Waals surface area contributed by atoms with Crippen LogP contribution < -0.4 is 4.74 Å². The van der Waals surface area contributed by atoms with E-state index in [2.05, 4.69) is 4.98 Å². The second-order valence-electron chi connectivity index (χ2n) is 10.3. The lowest BCUT2D eigenvalue weighted by Crippen LogP contribution is -2.17. The zero-order chi connectivity index (χ0) is 29.9. The standard InChI is InChI=1S/C33H26F2N4O4/c34-26-13-20(17-36)6-7-24(26)19-43-32-5-1-4-28(38-32)22-9-8-21(27(35)14-22)16-31-37-29-11-10-23(33(40)41)15-30(29)39(31)18-25-3-2-12-42-25/h1,4-11,13-15,25H,2-3,12,16,18-19H2,(H,40,41)/t25-/m0/s1. The fourth-order valence-electron chi connectivity index (χ4n) is 5.20. The Morgan fingerprint density at radius 1 is 1.05 bits per heavy atom. The van der Waals surface area contributed by atoms with Gasteiger partial charge < -0.3 is 19.1 Å². The van der Waals surface area contributed by atoms with Crippen molar-refractivity contribution in [2.45, 2.75) is 38.5 Å². The lowest BCUT2D eigenvalue weighted by molar-refractivity contribution is 0.0697. The van der Waals surface area contributed by atoms with Crippen molar-refractivity contribution in [1.82, 2.24) is 14.5 Å². The van der Waals surface area contributed by atoms with Crippen molar-refractivity contribution in [3.63, 3.8) is 0 Å². The lowest BCUT2D eigenvalue weighted by Gasteiger charge is -2.15. The number of hydrogen-bond donors (Lipinski definition) is 1. The molecular formula is C33H26F2N4O4. The number of carboxylic acid groups (broad SMARTS) is 1. The molecule has 1 atom stereocenters. The third kappa shape index (κ3) is 6.08. The van der Waals surface area contributed by atoms with Gasteiger partial charge in [0.05, 0.1) is 46.6 Å². The highest BCUT2D eigenvalue weighted by atomic mass is 19.1. The number of imidazole rings is 1. The first-order valence-corrected chi connectivity index (χ1v) is 13.8. The van der Waals surface area contributed by atoms with Gasteiger partial charge in [-0.15, -0.1) is 0 Å². The Kier molecular flexibility index (Phi) is 7.81. The number of nitriles is 1. The zero-order valence-corrected chi connectivity index (χ0v) is 23.0. The number of carbonyl (C=O) groups is 1. The highest BCUT2D eigenvalue weighted by Crippen LogP contribution is 2.27. The quantitative estimate of drug-likeness (QED) is 0.218. The first-order valence-electron chi connectivity index (χ1n) is 13.8. The van der Waals surface area contributed by atoms with Crippen LogP contribution in [0.4, 0.5) is 8.78 Å². The minimum atomic E-state index is -1.03. The van der Waals surface area contributed by atoms with Crippen molar-refractivity contribution in [3.8, 4) is 23.2 Å². The van der Waals surface area contributed by atoms with Crippen molar-refractivity contribution >= 4 is 17.0 Å². The Hall–Kier alpha value is -5.14. The van der Waals surface area contributed by atoms with Crippen molar-refractivity contribution in [3.05, 3.63) is 113 Å². The van der Waals surface area contributed by atoms with E-state index in [0.717, 1.165) is 18.9 Å². The molecule has 0 amide bonds. The predicted octanol–water partition coefficient (Wildman–Crippen LogP) is 6.30. The molecule has 6 rings (SSSR count). The van der Waals surface area contributed by atoms with Crippen LogP contribution in [0.2, 0.25) is 0 Å².